The number of hydrogen-bond acceptors (Lipinski definition) is 5. The molecule has 7 heteroatoms. The molecular formula is C16H16N4O3. The monoisotopic (exact) mass is 312 g/mol. The number of para-hydroxylation sites is 1. The first-order chi connectivity index (χ1) is 11.0. The molecule has 23 heavy (non-hydrogen) atoms. The van der Waals surface area contributed by atoms with Crippen molar-refractivity contribution >= 4 is 22.7 Å². The van der Waals surface area contributed by atoms with E-state index in [2.05, 4.69) is 15.5 Å². The Morgan fingerprint density at radius 2 is 2.13 bits per heavy atom. The van der Waals surface area contributed by atoms with Crippen LogP contribution in [0.25, 0.3) is 10.9 Å². The molecule has 3 aromatic rings. The molecule has 1 aromatic carbocycles. The minimum absolute atomic E-state index is 0.144. The molecule has 1 N–H and O–H groups in total. The number of aromatic nitrogens is 3. The van der Waals surface area contributed by atoms with E-state index >= 15 is 0 Å². The summed E-state index contributed by atoms with van der Waals surface area (Å²) in [6.45, 7) is 3.81. The Labute approximate surface area is 131 Å². The zero-order valence-corrected chi connectivity index (χ0v) is 12.8. The fraction of sp³-hybridized carbons (Fsp3) is 0.250. The van der Waals surface area contributed by atoms with E-state index in [0.29, 0.717) is 10.9 Å². The highest BCUT2D eigenvalue weighted by Crippen LogP contribution is 2.17. The van der Waals surface area contributed by atoms with Gasteiger partial charge in [-0.2, -0.15) is 0 Å². The fourth-order valence-electron chi connectivity index (χ4n) is 2.17. The number of carbonyl (C=O) groups excluding carboxylic acids is 1. The second kappa shape index (κ2) is 6.04. The summed E-state index contributed by atoms with van der Waals surface area (Å²) in [6, 6.07) is 8.68. The van der Waals surface area contributed by atoms with Crippen LogP contribution in [-0.4, -0.2) is 20.6 Å². The van der Waals surface area contributed by atoms with Crippen molar-refractivity contribution in [1.29, 1.82) is 0 Å². The summed E-state index contributed by atoms with van der Waals surface area (Å²) >= 11 is 0. The second-order valence-corrected chi connectivity index (χ2v) is 5.51. The molecule has 2 heterocycles. The Hall–Kier alpha value is -2.96. The van der Waals surface area contributed by atoms with E-state index in [-0.39, 0.29) is 29.8 Å². The number of benzene rings is 1. The molecule has 0 aliphatic heterocycles. The lowest BCUT2D eigenvalue weighted by atomic mass is 10.1. The van der Waals surface area contributed by atoms with Crippen molar-refractivity contribution < 1.29 is 9.32 Å². The van der Waals surface area contributed by atoms with E-state index in [1.807, 2.05) is 19.9 Å². The number of amides is 1. The fourth-order valence-corrected chi connectivity index (χ4v) is 2.17. The quantitative estimate of drug-likeness (QED) is 0.797. The molecule has 0 atom stereocenters. The van der Waals surface area contributed by atoms with Crippen LogP contribution in [0.3, 0.4) is 0 Å². The van der Waals surface area contributed by atoms with Crippen molar-refractivity contribution in [3.05, 3.63) is 52.7 Å². The largest absolute Gasteiger partial charge is 0.338 e. The van der Waals surface area contributed by atoms with Gasteiger partial charge in [0.1, 0.15) is 6.54 Å². The summed E-state index contributed by atoms with van der Waals surface area (Å²) in [5, 5.41) is 6.93. The van der Waals surface area contributed by atoms with Gasteiger partial charge in [-0.1, -0.05) is 31.1 Å². The molecule has 0 bridgehead atoms. The molecular weight excluding hydrogens is 296 g/mol. The number of rotatable bonds is 4. The molecule has 0 fully saturated rings. The van der Waals surface area contributed by atoms with Gasteiger partial charge in [0.25, 0.3) is 5.56 Å². The minimum atomic E-state index is -0.379. The normalized spacial score (nSPS) is 11.1. The van der Waals surface area contributed by atoms with Crippen molar-refractivity contribution in [2.45, 2.75) is 26.3 Å². The predicted molar refractivity (Wildman–Crippen MR) is 85.2 cm³/mol. The van der Waals surface area contributed by atoms with Crippen LogP contribution in [0.1, 0.15) is 25.5 Å². The first-order valence-corrected chi connectivity index (χ1v) is 7.25. The molecule has 0 saturated carbocycles. The number of anilines is 1. The predicted octanol–water partition coefficient (Wildman–Crippen LogP) is 2.15. The Morgan fingerprint density at radius 3 is 2.87 bits per heavy atom. The van der Waals surface area contributed by atoms with E-state index in [9.17, 15) is 9.59 Å². The molecule has 0 unspecified atom stereocenters. The lowest BCUT2D eigenvalue weighted by Gasteiger charge is -2.05. The summed E-state index contributed by atoms with van der Waals surface area (Å²) < 4.78 is 6.31. The van der Waals surface area contributed by atoms with Crippen molar-refractivity contribution in [2.75, 3.05) is 5.32 Å². The van der Waals surface area contributed by atoms with E-state index < -0.39 is 0 Å². The lowest BCUT2D eigenvalue weighted by molar-refractivity contribution is -0.116. The highest BCUT2D eigenvalue weighted by molar-refractivity contribution is 5.89. The smallest absolute Gasteiger partial charge is 0.261 e. The second-order valence-electron chi connectivity index (χ2n) is 5.51. The third kappa shape index (κ3) is 3.13. The van der Waals surface area contributed by atoms with Gasteiger partial charge in [0.05, 0.1) is 22.9 Å². The van der Waals surface area contributed by atoms with Crippen LogP contribution >= 0.6 is 0 Å². The molecule has 0 saturated heterocycles. The summed E-state index contributed by atoms with van der Waals surface area (Å²) in [5.74, 6) is 0.0906. The summed E-state index contributed by atoms with van der Waals surface area (Å²) in [5.41, 5.74) is 1.10. The summed E-state index contributed by atoms with van der Waals surface area (Å²) in [7, 11) is 0. The number of carbonyl (C=O) groups is 1. The van der Waals surface area contributed by atoms with Crippen LogP contribution in [0, 0.1) is 0 Å². The molecule has 3 rings (SSSR count). The summed E-state index contributed by atoms with van der Waals surface area (Å²) in [6.07, 6.45) is 1.37. The molecule has 7 nitrogen and oxygen atoms in total. The highest BCUT2D eigenvalue weighted by Gasteiger charge is 2.12. The van der Waals surface area contributed by atoms with Gasteiger partial charge in [-0.3, -0.25) is 19.5 Å². The van der Waals surface area contributed by atoms with Crippen LogP contribution < -0.4 is 10.9 Å². The van der Waals surface area contributed by atoms with Crippen molar-refractivity contribution in [3.63, 3.8) is 0 Å². The standard InChI is InChI=1S/C16H16N4O3/c1-10(2)13-7-15(23-19-13)18-14(21)8-20-9-17-12-6-4-3-5-11(12)16(20)22/h3-7,9-10H,8H2,1-2H3,(H,18,21). The maximum Gasteiger partial charge on any atom is 0.261 e. The first kappa shape index (κ1) is 15.0. The van der Waals surface area contributed by atoms with Gasteiger partial charge in [0.2, 0.25) is 11.8 Å². The first-order valence-electron chi connectivity index (χ1n) is 7.25. The van der Waals surface area contributed by atoms with Crippen LogP contribution in [-0.2, 0) is 11.3 Å². The highest BCUT2D eigenvalue weighted by atomic mass is 16.5. The van der Waals surface area contributed by atoms with Gasteiger partial charge in [0, 0.05) is 6.07 Å². The van der Waals surface area contributed by atoms with Gasteiger partial charge < -0.3 is 4.52 Å². The van der Waals surface area contributed by atoms with Crippen LogP contribution in [0.4, 0.5) is 5.88 Å². The molecule has 2 aromatic heterocycles. The van der Waals surface area contributed by atoms with E-state index in [4.69, 9.17) is 4.52 Å². The Kier molecular flexibility index (Phi) is 3.92. The maximum absolute atomic E-state index is 12.3. The van der Waals surface area contributed by atoms with Crippen molar-refractivity contribution in [3.8, 4) is 0 Å². The number of nitrogens with one attached hydrogen (secondary N) is 1. The average Bonchev–Trinajstić information content (AvgIpc) is 2.99. The summed E-state index contributed by atoms with van der Waals surface area (Å²) in [4.78, 5) is 28.6. The van der Waals surface area contributed by atoms with Gasteiger partial charge >= 0.3 is 0 Å². The van der Waals surface area contributed by atoms with E-state index in [1.165, 1.54) is 10.9 Å². The molecule has 1 amide bonds. The molecule has 0 aliphatic carbocycles. The maximum atomic E-state index is 12.3. The third-order valence-corrected chi connectivity index (χ3v) is 3.43. The molecule has 0 aliphatic rings. The van der Waals surface area contributed by atoms with Crippen molar-refractivity contribution in [1.82, 2.24) is 14.7 Å². The Balaban J connectivity index is 1.77. The van der Waals surface area contributed by atoms with Gasteiger partial charge in [-0.05, 0) is 18.1 Å². The topological polar surface area (TPSA) is 90.0 Å². The molecule has 0 radical (unpaired) electrons. The van der Waals surface area contributed by atoms with E-state index in [1.54, 1.807) is 24.3 Å². The number of fused-ring (bicyclic) bond motifs is 1. The third-order valence-electron chi connectivity index (χ3n) is 3.43. The van der Waals surface area contributed by atoms with Gasteiger partial charge in [-0.25, -0.2) is 4.98 Å². The lowest BCUT2D eigenvalue weighted by Crippen LogP contribution is -2.27. The zero-order chi connectivity index (χ0) is 16.4. The van der Waals surface area contributed by atoms with Crippen molar-refractivity contribution in [2.24, 2.45) is 0 Å². The number of hydrogen-bond donors (Lipinski definition) is 1. The SMILES string of the molecule is CC(C)c1cc(NC(=O)Cn2cnc3ccccc3c2=O)on1. The van der Waals surface area contributed by atoms with Crippen LogP contribution in [0.2, 0.25) is 0 Å². The zero-order valence-electron chi connectivity index (χ0n) is 12.8. The molecule has 0 spiro atoms. The van der Waals surface area contributed by atoms with Gasteiger partial charge in [-0.15, -0.1) is 0 Å². The minimum Gasteiger partial charge on any atom is -0.338 e. The Morgan fingerprint density at radius 1 is 1.35 bits per heavy atom. The average molecular weight is 312 g/mol. The van der Waals surface area contributed by atoms with E-state index in [0.717, 1.165) is 5.69 Å². The van der Waals surface area contributed by atoms with Crippen LogP contribution in [0.5, 0.6) is 0 Å². The molecule has 118 valence electrons. The number of nitrogens with zero attached hydrogens (tertiary/aromatic N) is 3. The van der Waals surface area contributed by atoms with Gasteiger partial charge in [0.15, 0.2) is 0 Å². The van der Waals surface area contributed by atoms with Crippen LogP contribution in [0.15, 0.2) is 46.0 Å². The Bertz CT molecular complexity index is 911.